The van der Waals surface area contributed by atoms with Crippen molar-refractivity contribution < 1.29 is 23.1 Å². The average molecular weight is 405 g/mol. The fourth-order valence-corrected chi connectivity index (χ4v) is 2.58. The van der Waals surface area contributed by atoms with E-state index in [1.807, 2.05) is 19.1 Å². The lowest BCUT2D eigenvalue weighted by atomic mass is 10.1. The molecule has 156 valence electrons. The van der Waals surface area contributed by atoms with Crippen molar-refractivity contribution in [2.75, 3.05) is 33.8 Å². The normalized spacial score (nSPS) is 10.4. The van der Waals surface area contributed by atoms with Gasteiger partial charge in [0, 0.05) is 38.8 Å². The number of carbonyl (C=O) groups is 2. The van der Waals surface area contributed by atoms with Gasteiger partial charge in [-0.2, -0.15) is 0 Å². The zero-order chi connectivity index (χ0) is 21.4. The number of nitrogens with zero attached hydrogens (tertiary/aromatic N) is 2. The minimum atomic E-state index is -0.789. The largest absolute Gasteiger partial charge is 0.489 e. The van der Waals surface area contributed by atoms with Crippen LogP contribution in [-0.2, 0) is 6.54 Å². The van der Waals surface area contributed by atoms with Gasteiger partial charge in [0.25, 0.3) is 5.91 Å². The molecule has 0 saturated carbocycles. The minimum absolute atomic E-state index is 0.0488. The Bertz CT molecular complexity index is 842. The van der Waals surface area contributed by atoms with Gasteiger partial charge in [-0.1, -0.05) is 12.1 Å². The van der Waals surface area contributed by atoms with Crippen LogP contribution in [0.5, 0.6) is 5.75 Å². The maximum atomic E-state index is 13.5. The third-order valence-corrected chi connectivity index (χ3v) is 4.18. The first-order valence-corrected chi connectivity index (χ1v) is 9.23. The van der Waals surface area contributed by atoms with Crippen molar-refractivity contribution in [3.8, 4) is 5.75 Å². The molecule has 0 heterocycles. The summed E-state index contributed by atoms with van der Waals surface area (Å²) in [5.74, 6) is -1.62. The van der Waals surface area contributed by atoms with Crippen molar-refractivity contribution in [3.05, 3.63) is 65.2 Å². The van der Waals surface area contributed by atoms with Gasteiger partial charge in [-0.3, -0.25) is 4.79 Å². The third kappa shape index (κ3) is 6.44. The summed E-state index contributed by atoms with van der Waals surface area (Å²) in [6.07, 6.45) is 0. The summed E-state index contributed by atoms with van der Waals surface area (Å²) in [7, 11) is 3.38. The fourth-order valence-electron chi connectivity index (χ4n) is 2.58. The lowest BCUT2D eigenvalue weighted by Gasteiger charge is -2.22. The van der Waals surface area contributed by atoms with E-state index in [4.69, 9.17) is 4.74 Å². The second kappa shape index (κ2) is 10.4. The van der Waals surface area contributed by atoms with Gasteiger partial charge in [0.1, 0.15) is 12.4 Å². The Labute approximate surface area is 169 Å². The Morgan fingerprint density at radius 2 is 1.76 bits per heavy atom. The number of benzene rings is 2. The Balaban J connectivity index is 1.83. The van der Waals surface area contributed by atoms with Gasteiger partial charge in [-0.25, -0.2) is 13.6 Å². The molecule has 0 aliphatic heterocycles. The molecule has 0 fully saturated rings. The minimum Gasteiger partial charge on any atom is -0.489 e. The second-order valence-electron chi connectivity index (χ2n) is 6.57. The first-order valence-electron chi connectivity index (χ1n) is 9.23. The maximum Gasteiger partial charge on any atom is 0.317 e. The highest BCUT2D eigenvalue weighted by molar-refractivity contribution is 5.93. The molecule has 0 aliphatic carbocycles. The van der Waals surface area contributed by atoms with Crippen LogP contribution >= 0.6 is 0 Å². The SMILES string of the molecule is CCN(Cc1ccc(C(=O)N(C)C)cc1)C(=O)NCCOc1ccc(F)cc1F. The number of hydrogen-bond acceptors (Lipinski definition) is 3. The molecule has 29 heavy (non-hydrogen) atoms. The van der Waals surface area contributed by atoms with Gasteiger partial charge in [0.2, 0.25) is 0 Å². The summed E-state index contributed by atoms with van der Waals surface area (Å²) < 4.78 is 31.6. The van der Waals surface area contributed by atoms with E-state index in [0.29, 0.717) is 18.7 Å². The van der Waals surface area contributed by atoms with Gasteiger partial charge < -0.3 is 19.9 Å². The van der Waals surface area contributed by atoms with Crippen molar-refractivity contribution in [2.24, 2.45) is 0 Å². The van der Waals surface area contributed by atoms with Crippen LogP contribution in [0.2, 0.25) is 0 Å². The van der Waals surface area contributed by atoms with Crippen molar-refractivity contribution in [3.63, 3.8) is 0 Å². The average Bonchev–Trinajstić information content (AvgIpc) is 2.70. The third-order valence-electron chi connectivity index (χ3n) is 4.18. The molecule has 1 N–H and O–H groups in total. The highest BCUT2D eigenvalue weighted by Gasteiger charge is 2.13. The Hall–Kier alpha value is -3.16. The zero-order valence-electron chi connectivity index (χ0n) is 16.7. The number of rotatable bonds is 8. The number of amides is 3. The van der Waals surface area contributed by atoms with E-state index < -0.39 is 11.6 Å². The smallest absolute Gasteiger partial charge is 0.317 e. The summed E-state index contributed by atoms with van der Waals surface area (Å²) in [6, 6.07) is 9.85. The van der Waals surface area contributed by atoms with Crippen molar-refractivity contribution in [1.29, 1.82) is 0 Å². The first kappa shape index (κ1) is 22.1. The molecular weight excluding hydrogens is 380 g/mol. The Morgan fingerprint density at radius 3 is 2.34 bits per heavy atom. The van der Waals surface area contributed by atoms with Gasteiger partial charge in [-0.05, 0) is 36.8 Å². The van der Waals surface area contributed by atoms with Crippen molar-refractivity contribution >= 4 is 11.9 Å². The number of ether oxygens (including phenoxy) is 1. The molecule has 0 spiro atoms. The number of hydrogen-bond donors (Lipinski definition) is 1. The zero-order valence-corrected chi connectivity index (χ0v) is 16.7. The molecule has 0 unspecified atom stereocenters. The van der Waals surface area contributed by atoms with E-state index in [1.54, 1.807) is 31.1 Å². The van der Waals surface area contributed by atoms with Crippen LogP contribution in [-0.4, -0.2) is 55.5 Å². The molecule has 0 bridgehead atoms. The predicted molar refractivity (Wildman–Crippen MR) is 106 cm³/mol. The monoisotopic (exact) mass is 405 g/mol. The van der Waals surface area contributed by atoms with Crippen LogP contribution in [0.3, 0.4) is 0 Å². The van der Waals surface area contributed by atoms with Crippen molar-refractivity contribution in [1.82, 2.24) is 15.1 Å². The van der Waals surface area contributed by atoms with Crippen LogP contribution in [0, 0.1) is 11.6 Å². The van der Waals surface area contributed by atoms with Gasteiger partial charge in [0.05, 0.1) is 6.54 Å². The summed E-state index contributed by atoms with van der Waals surface area (Å²) in [5.41, 5.74) is 1.47. The fraction of sp³-hybridized carbons (Fsp3) is 0.333. The number of carbonyl (C=O) groups excluding carboxylic acids is 2. The second-order valence-corrected chi connectivity index (χ2v) is 6.57. The van der Waals surface area contributed by atoms with Crippen LogP contribution in [0.15, 0.2) is 42.5 Å². The van der Waals surface area contributed by atoms with Crippen LogP contribution in [0.4, 0.5) is 13.6 Å². The Kier molecular flexibility index (Phi) is 7.94. The summed E-state index contributed by atoms with van der Waals surface area (Å²) >= 11 is 0. The van der Waals surface area contributed by atoms with Crippen LogP contribution in [0.25, 0.3) is 0 Å². The topological polar surface area (TPSA) is 61.9 Å². The molecule has 0 atom stereocenters. The van der Waals surface area contributed by atoms with E-state index in [-0.39, 0.29) is 30.8 Å². The van der Waals surface area contributed by atoms with Crippen molar-refractivity contribution in [2.45, 2.75) is 13.5 Å². The molecule has 6 nitrogen and oxygen atoms in total. The molecule has 0 saturated heterocycles. The first-order chi connectivity index (χ1) is 13.8. The van der Waals surface area contributed by atoms with E-state index in [0.717, 1.165) is 17.7 Å². The van der Waals surface area contributed by atoms with Crippen LogP contribution in [0.1, 0.15) is 22.8 Å². The lowest BCUT2D eigenvalue weighted by Crippen LogP contribution is -2.41. The van der Waals surface area contributed by atoms with Gasteiger partial charge in [-0.15, -0.1) is 0 Å². The molecule has 3 amide bonds. The highest BCUT2D eigenvalue weighted by Crippen LogP contribution is 2.17. The summed E-state index contributed by atoms with van der Waals surface area (Å²) in [5, 5.41) is 2.70. The quantitative estimate of drug-likeness (QED) is 0.686. The molecule has 2 aromatic carbocycles. The predicted octanol–water partition coefficient (Wildman–Crippen LogP) is 3.28. The summed E-state index contributed by atoms with van der Waals surface area (Å²) in [6.45, 7) is 2.94. The molecule has 0 aliphatic rings. The summed E-state index contributed by atoms with van der Waals surface area (Å²) in [4.78, 5) is 27.4. The maximum absolute atomic E-state index is 13.5. The van der Waals surface area contributed by atoms with Gasteiger partial charge >= 0.3 is 6.03 Å². The standard InChI is InChI=1S/C21H25F2N3O3/c1-4-26(14-15-5-7-16(8-6-15)20(27)25(2)3)21(28)24-11-12-29-19-10-9-17(22)13-18(19)23/h5-10,13H,4,11-12,14H2,1-3H3,(H,24,28). The van der Waals surface area contributed by atoms with E-state index in [9.17, 15) is 18.4 Å². The molecule has 2 aromatic rings. The number of urea groups is 1. The van der Waals surface area contributed by atoms with E-state index in [1.165, 1.54) is 11.0 Å². The molecule has 0 aromatic heterocycles. The highest BCUT2D eigenvalue weighted by atomic mass is 19.1. The number of nitrogens with one attached hydrogen (secondary N) is 1. The lowest BCUT2D eigenvalue weighted by molar-refractivity contribution is 0.0827. The van der Waals surface area contributed by atoms with Crippen LogP contribution < -0.4 is 10.1 Å². The van der Waals surface area contributed by atoms with E-state index in [2.05, 4.69) is 5.32 Å². The molecule has 0 radical (unpaired) electrons. The molecular formula is C21H25F2N3O3. The van der Waals surface area contributed by atoms with E-state index >= 15 is 0 Å². The Morgan fingerprint density at radius 1 is 1.07 bits per heavy atom. The van der Waals surface area contributed by atoms with Gasteiger partial charge in [0.15, 0.2) is 11.6 Å². The molecule has 2 rings (SSSR count). The molecule has 8 heteroatoms. The number of halogens is 2.